The molecule has 2 N–H and O–H groups in total. The third-order valence-electron chi connectivity index (χ3n) is 2.50. The normalized spacial score (nSPS) is 11.8. The molecule has 0 aliphatic heterocycles. The average Bonchev–Trinajstić information content (AvgIpc) is 2.40. The van der Waals surface area contributed by atoms with Gasteiger partial charge in [-0.15, -0.1) is 0 Å². The molecule has 0 radical (unpaired) electrons. The van der Waals surface area contributed by atoms with E-state index < -0.39 is 10.3 Å². The van der Waals surface area contributed by atoms with Crippen molar-refractivity contribution in [1.82, 2.24) is 9.97 Å². The van der Waals surface area contributed by atoms with Gasteiger partial charge in [0.1, 0.15) is 5.82 Å². The fourth-order valence-electron chi connectivity index (χ4n) is 1.60. The van der Waals surface area contributed by atoms with E-state index in [1.54, 1.807) is 6.07 Å². The zero-order chi connectivity index (χ0) is 13.0. The Hall–Kier alpha value is -2.08. The fraction of sp³-hybridized carbons (Fsp3) is 0.167. The molecule has 2 rings (SSSR count). The lowest BCUT2D eigenvalue weighted by molar-refractivity contribution is 0.623. The molecule has 0 saturated carbocycles. The van der Waals surface area contributed by atoms with Crippen LogP contribution >= 0.6 is 0 Å². The van der Waals surface area contributed by atoms with Crippen molar-refractivity contribution in [3.05, 3.63) is 52.9 Å². The first-order valence-corrected chi connectivity index (χ1v) is 6.53. The molecule has 0 bridgehead atoms. The van der Waals surface area contributed by atoms with Gasteiger partial charge in [-0.05, 0) is 18.6 Å². The highest BCUT2D eigenvalue weighted by atomic mass is 32.2. The highest BCUT2D eigenvalue weighted by molar-refractivity contribution is 7.63. The molecule has 1 aromatic heterocycles. The standard InChI is InChI=1S/C12H13N3O2S/c1-9(10-5-3-2-4-6-10)14-11-7-8-13-12(15-11)18(16)17/h2-9,14-15H,1H3. The van der Waals surface area contributed by atoms with Gasteiger partial charge in [0.05, 0.1) is 0 Å². The largest absolute Gasteiger partial charge is 0.365 e. The Bertz CT molecular complexity index is 685. The molecule has 6 heteroatoms. The van der Waals surface area contributed by atoms with Crippen LogP contribution in [0.2, 0.25) is 0 Å². The van der Waals surface area contributed by atoms with Gasteiger partial charge in [-0.2, -0.15) is 8.42 Å². The summed E-state index contributed by atoms with van der Waals surface area (Å²) in [4.78, 5) is 6.42. The molecule has 1 unspecified atom stereocenters. The van der Waals surface area contributed by atoms with Crippen LogP contribution in [0.5, 0.6) is 0 Å². The molecule has 0 fully saturated rings. The molecule has 0 aliphatic carbocycles. The second-order valence-electron chi connectivity index (χ2n) is 3.80. The van der Waals surface area contributed by atoms with E-state index in [4.69, 9.17) is 0 Å². The molecule has 5 nitrogen and oxygen atoms in total. The van der Waals surface area contributed by atoms with Gasteiger partial charge in [0, 0.05) is 12.2 Å². The molecule has 0 amide bonds. The number of nitrogens with one attached hydrogen (secondary N) is 2. The predicted octanol–water partition coefficient (Wildman–Crippen LogP) is 1.99. The SMILES string of the molecule is CC(Nc1ccnc(=S(=O)=O)[nH]1)c1ccccc1. The Labute approximate surface area is 106 Å². The Morgan fingerprint density at radius 2 is 1.94 bits per heavy atom. The average molecular weight is 263 g/mol. The molecule has 0 aliphatic rings. The molecule has 1 heterocycles. The van der Waals surface area contributed by atoms with Crippen LogP contribution in [-0.2, 0) is 10.3 Å². The van der Waals surface area contributed by atoms with Crippen LogP contribution < -0.4 is 5.32 Å². The maximum Gasteiger partial charge on any atom is 0.258 e. The first kappa shape index (κ1) is 12.4. The first-order valence-electron chi connectivity index (χ1n) is 5.46. The molecule has 2 aromatic rings. The van der Waals surface area contributed by atoms with Crippen molar-refractivity contribution in [3.8, 4) is 0 Å². The smallest absolute Gasteiger partial charge is 0.258 e. The Balaban J connectivity index is 2.25. The number of hydrogen-bond donors (Lipinski definition) is 2. The van der Waals surface area contributed by atoms with E-state index in [1.165, 1.54) is 6.20 Å². The summed E-state index contributed by atoms with van der Waals surface area (Å²) in [6.07, 6.45) is 1.45. The van der Waals surface area contributed by atoms with Crippen molar-refractivity contribution in [2.75, 3.05) is 5.32 Å². The van der Waals surface area contributed by atoms with Crippen molar-refractivity contribution in [3.63, 3.8) is 0 Å². The number of aromatic amines is 1. The van der Waals surface area contributed by atoms with Gasteiger partial charge in [-0.1, -0.05) is 30.3 Å². The van der Waals surface area contributed by atoms with E-state index in [1.807, 2.05) is 37.3 Å². The van der Waals surface area contributed by atoms with Crippen LogP contribution in [0.15, 0.2) is 42.6 Å². The first-order chi connectivity index (χ1) is 8.66. The number of benzene rings is 1. The minimum absolute atomic E-state index is 0.0674. The zero-order valence-electron chi connectivity index (χ0n) is 9.79. The van der Waals surface area contributed by atoms with Crippen molar-refractivity contribution < 1.29 is 8.42 Å². The lowest BCUT2D eigenvalue weighted by atomic mass is 10.1. The van der Waals surface area contributed by atoms with Gasteiger partial charge in [0.2, 0.25) is 0 Å². The van der Waals surface area contributed by atoms with Gasteiger partial charge in [0.25, 0.3) is 15.1 Å². The summed E-state index contributed by atoms with van der Waals surface area (Å²) < 4.78 is 21.5. The summed E-state index contributed by atoms with van der Waals surface area (Å²) in [5, 5.41) is 3.18. The molecular formula is C12H13N3O2S. The van der Waals surface area contributed by atoms with Crippen LogP contribution in [-0.4, -0.2) is 18.4 Å². The number of aromatic nitrogens is 2. The summed E-state index contributed by atoms with van der Waals surface area (Å²) in [5.41, 5.74) is 1.12. The van der Waals surface area contributed by atoms with E-state index >= 15 is 0 Å². The summed E-state index contributed by atoms with van der Waals surface area (Å²) in [7, 11) is -2.36. The van der Waals surface area contributed by atoms with Crippen molar-refractivity contribution in [2.45, 2.75) is 13.0 Å². The fourth-order valence-corrected chi connectivity index (χ4v) is 1.94. The topological polar surface area (TPSA) is 74.8 Å². The van der Waals surface area contributed by atoms with Crippen LogP contribution in [0, 0.1) is 4.77 Å². The quantitative estimate of drug-likeness (QED) is 0.830. The minimum Gasteiger partial charge on any atom is -0.365 e. The molecule has 1 aromatic carbocycles. The molecule has 18 heavy (non-hydrogen) atoms. The van der Waals surface area contributed by atoms with Crippen molar-refractivity contribution in [1.29, 1.82) is 0 Å². The van der Waals surface area contributed by atoms with Crippen LogP contribution in [0.1, 0.15) is 18.5 Å². The second kappa shape index (κ2) is 5.50. The van der Waals surface area contributed by atoms with Crippen molar-refractivity contribution >= 4 is 16.1 Å². The lowest BCUT2D eigenvalue weighted by Crippen LogP contribution is -2.08. The van der Waals surface area contributed by atoms with Gasteiger partial charge < -0.3 is 10.3 Å². The summed E-state index contributed by atoms with van der Waals surface area (Å²) in [5.74, 6) is 0.612. The van der Waals surface area contributed by atoms with E-state index in [-0.39, 0.29) is 10.8 Å². The third kappa shape index (κ3) is 2.98. The second-order valence-corrected chi connectivity index (χ2v) is 4.66. The number of H-pyrrole nitrogens is 1. The number of nitrogens with zero attached hydrogens (tertiary/aromatic N) is 1. The predicted molar refractivity (Wildman–Crippen MR) is 69.2 cm³/mol. The third-order valence-corrected chi connectivity index (χ3v) is 3.03. The molecule has 94 valence electrons. The Kier molecular flexibility index (Phi) is 3.78. The van der Waals surface area contributed by atoms with Crippen LogP contribution in [0.25, 0.3) is 0 Å². The highest BCUT2D eigenvalue weighted by Gasteiger charge is 2.04. The van der Waals surface area contributed by atoms with E-state index in [0.29, 0.717) is 5.82 Å². The van der Waals surface area contributed by atoms with E-state index in [2.05, 4.69) is 15.3 Å². The van der Waals surface area contributed by atoms with Crippen LogP contribution in [0.3, 0.4) is 0 Å². The van der Waals surface area contributed by atoms with Crippen LogP contribution in [0.4, 0.5) is 5.82 Å². The lowest BCUT2D eigenvalue weighted by Gasteiger charge is -2.14. The van der Waals surface area contributed by atoms with Gasteiger partial charge >= 0.3 is 0 Å². The highest BCUT2D eigenvalue weighted by Crippen LogP contribution is 2.16. The number of rotatable bonds is 3. The van der Waals surface area contributed by atoms with Crippen molar-refractivity contribution in [2.24, 2.45) is 0 Å². The van der Waals surface area contributed by atoms with E-state index in [9.17, 15) is 8.42 Å². The van der Waals surface area contributed by atoms with Gasteiger partial charge in [-0.25, -0.2) is 4.98 Å². The zero-order valence-corrected chi connectivity index (χ0v) is 10.6. The maximum absolute atomic E-state index is 10.8. The Morgan fingerprint density at radius 1 is 1.22 bits per heavy atom. The molecule has 0 spiro atoms. The summed E-state index contributed by atoms with van der Waals surface area (Å²) >= 11 is 0. The van der Waals surface area contributed by atoms with Gasteiger partial charge in [-0.3, -0.25) is 0 Å². The van der Waals surface area contributed by atoms with E-state index in [0.717, 1.165) is 5.56 Å². The van der Waals surface area contributed by atoms with Gasteiger partial charge in [0.15, 0.2) is 0 Å². The maximum atomic E-state index is 10.8. The molecular weight excluding hydrogens is 250 g/mol. The Morgan fingerprint density at radius 3 is 2.61 bits per heavy atom. The number of hydrogen-bond acceptors (Lipinski definition) is 4. The summed E-state index contributed by atoms with van der Waals surface area (Å²) in [6.45, 7) is 2.00. The molecule has 0 saturated heterocycles. The number of anilines is 1. The minimum atomic E-state index is -2.36. The summed E-state index contributed by atoms with van der Waals surface area (Å²) in [6, 6.07) is 11.6. The molecule has 1 atom stereocenters. The monoisotopic (exact) mass is 263 g/mol.